The predicted molar refractivity (Wildman–Crippen MR) is 95.9 cm³/mol. The van der Waals surface area contributed by atoms with Crippen LogP contribution in [0.1, 0.15) is 18.9 Å². The number of aryl methyl sites for hydroxylation is 1. The summed E-state index contributed by atoms with van der Waals surface area (Å²) in [4.78, 5) is 22.4. The Morgan fingerprint density at radius 2 is 2.21 bits per heavy atom. The molecule has 2 N–H and O–H groups in total. The monoisotopic (exact) mass is 367 g/mol. The first-order chi connectivity index (χ1) is 11.5. The van der Waals surface area contributed by atoms with Gasteiger partial charge in [-0.15, -0.1) is 10.2 Å². The lowest BCUT2D eigenvalue weighted by atomic mass is 10.2. The van der Waals surface area contributed by atoms with Gasteiger partial charge in [0.1, 0.15) is 0 Å². The summed E-state index contributed by atoms with van der Waals surface area (Å²) in [7, 11) is 0. The van der Waals surface area contributed by atoms with Crippen LogP contribution in [0.2, 0.25) is 0 Å². The summed E-state index contributed by atoms with van der Waals surface area (Å²) in [6.07, 6.45) is 0.993. The van der Waals surface area contributed by atoms with Crippen molar-refractivity contribution in [3.05, 3.63) is 33.9 Å². The number of hydrogen-bond donors (Lipinski definition) is 2. The highest BCUT2D eigenvalue weighted by atomic mass is 32.2. The van der Waals surface area contributed by atoms with Crippen molar-refractivity contribution in [1.29, 1.82) is 0 Å². The summed E-state index contributed by atoms with van der Waals surface area (Å²) in [5.41, 5.74) is 0.935. The summed E-state index contributed by atoms with van der Waals surface area (Å²) < 4.78 is 0.693. The van der Waals surface area contributed by atoms with Crippen LogP contribution in [0, 0.1) is 17.0 Å². The minimum Gasteiger partial charge on any atom is -0.360 e. The maximum absolute atomic E-state index is 12.0. The predicted octanol–water partition coefficient (Wildman–Crippen LogP) is 3.31. The van der Waals surface area contributed by atoms with Crippen LogP contribution in [0.4, 0.5) is 16.5 Å². The van der Waals surface area contributed by atoms with Crippen LogP contribution in [0.3, 0.4) is 0 Å². The van der Waals surface area contributed by atoms with Crippen LogP contribution >= 0.6 is 23.1 Å². The molecule has 1 aromatic heterocycles. The summed E-state index contributed by atoms with van der Waals surface area (Å²) in [5, 5.41) is 25.4. The van der Waals surface area contributed by atoms with Crippen molar-refractivity contribution in [3.63, 3.8) is 0 Å². The van der Waals surface area contributed by atoms with Crippen LogP contribution in [-0.4, -0.2) is 33.3 Å². The standard InChI is InChI=1S/C14H17N5O3S2/c1-3-6-15-13-17-18-14(24-13)23-8-12(20)16-10-5-4-9(2)11(7-10)19(21)22/h4-5,7H,3,6,8H2,1-2H3,(H,15,17)(H,16,20). The van der Waals surface area contributed by atoms with E-state index in [1.54, 1.807) is 19.1 Å². The molecule has 0 aliphatic carbocycles. The molecular weight excluding hydrogens is 350 g/mol. The zero-order valence-corrected chi connectivity index (χ0v) is 14.9. The van der Waals surface area contributed by atoms with Gasteiger partial charge in [0.15, 0.2) is 4.34 Å². The van der Waals surface area contributed by atoms with Crippen LogP contribution in [-0.2, 0) is 4.79 Å². The third-order valence-corrected chi connectivity index (χ3v) is 4.96. The van der Waals surface area contributed by atoms with Crippen molar-refractivity contribution >= 4 is 45.5 Å². The number of nitrogens with zero attached hydrogens (tertiary/aromatic N) is 3. The molecular formula is C14H17N5O3S2. The van der Waals surface area contributed by atoms with E-state index in [4.69, 9.17) is 0 Å². The second-order valence-electron chi connectivity index (χ2n) is 4.90. The van der Waals surface area contributed by atoms with E-state index in [9.17, 15) is 14.9 Å². The Morgan fingerprint density at radius 1 is 1.42 bits per heavy atom. The number of amides is 1. The molecule has 0 aliphatic heterocycles. The Hall–Kier alpha value is -2.20. The highest BCUT2D eigenvalue weighted by Gasteiger charge is 2.13. The molecule has 0 spiro atoms. The van der Waals surface area contributed by atoms with Gasteiger partial charge in [0, 0.05) is 23.9 Å². The van der Waals surface area contributed by atoms with Crippen LogP contribution in [0.5, 0.6) is 0 Å². The number of benzene rings is 1. The third-order valence-electron chi connectivity index (χ3n) is 2.95. The van der Waals surface area contributed by atoms with Gasteiger partial charge in [-0.1, -0.05) is 36.1 Å². The molecule has 2 rings (SSSR count). The second-order valence-corrected chi connectivity index (χ2v) is 7.10. The number of carbonyl (C=O) groups is 1. The SMILES string of the molecule is CCCNc1nnc(SCC(=O)Nc2ccc(C)c([N+](=O)[O-])c2)s1. The first-order valence-electron chi connectivity index (χ1n) is 7.24. The van der Waals surface area contributed by atoms with Crippen LogP contribution in [0.15, 0.2) is 22.5 Å². The quantitative estimate of drug-likeness (QED) is 0.418. The Kier molecular flexibility index (Phi) is 6.50. The van der Waals surface area contributed by atoms with Crippen molar-refractivity contribution in [2.24, 2.45) is 0 Å². The molecule has 1 amide bonds. The first-order valence-corrected chi connectivity index (χ1v) is 9.05. The minimum absolute atomic E-state index is 0.0174. The van der Waals surface area contributed by atoms with Gasteiger partial charge in [-0.3, -0.25) is 14.9 Å². The number of anilines is 2. The molecule has 0 saturated carbocycles. The van der Waals surface area contributed by atoms with E-state index in [-0.39, 0.29) is 17.3 Å². The average molecular weight is 367 g/mol. The van der Waals surface area contributed by atoms with E-state index in [1.807, 2.05) is 0 Å². The molecule has 0 atom stereocenters. The van der Waals surface area contributed by atoms with E-state index in [1.165, 1.54) is 29.2 Å². The lowest BCUT2D eigenvalue weighted by Gasteiger charge is -2.05. The fourth-order valence-electron chi connectivity index (χ4n) is 1.78. The van der Waals surface area contributed by atoms with Crippen molar-refractivity contribution in [3.8, 4) is 0 Å². The van der Waals surface area contributed by atoms with Gasteiger partial charge in [0.25, 0.3) is 5.69 Å². The summed E-state index contributed by atoms with van der Waals surface area (Å²) in [6.45, 7) is 4.54. The molecule has 2 aromatic rings. The Bertz CT molecular complexity index is 735. The second kappa shape index (κ2) is 8.60. The molecule has 128 valence electrons. The van der Waals surface area contributed by atoms with Gasteiger partial charge in [-0.2, -0.15) is 0 Å². The summed E-state index contributed by atoms with van der Waals surface area (Å²) in [5.74, 6) is -0.0965. The summed E-state index contributed by atoms with van der Waals surface area (Å²) in [6, 6.07) is 4.61. The van der Waals surface area contributed by atoms with E-state index < -0.39 is 4.92 Å². The molecule has 10 heteroatoms. The molecule has 24 heavy (non-hydrogen) atoms. The topological polar surface area (TPSA) is 110 Å². The van der Waals surface area contributed by atoms with Gasteiger partial charge in [-0.25, -0.2) is 0 Å². The molecule has 1 heterocycles. The maximum atomic E-state index is 12.0. The number of hydrogen-bond acceptors (Lipinski definition) is 8. The molecule has 0 aliphatic rings. The van der Waals surface area contributed by atoms with Crippen molar-refractivity contribution in [2.75, 3.05) is 22.9 Å². The Balaban J connectivity index is 1.88. The lowest BCUT2D eigenvalue weighted by Crippen LogP contribution is -2.14. The maximum Gasteiger partial charge on any atom is 0.274 e. The highest BCUT2D eigenvalue weighted by molar-refractivity contribution is 8.01. The van der Waals surface area contributed by atoms with Gasteiger partial charge >= 0.3 is 0 Å². The van der Waals surface area contributed by atoms with Crippen molar-refractivity contribution in [2.45, 2.75) is 24.6 Å². The van der Waals surface area contributed by atoms with Gasteiger partial charge in [0.05, 0.1) is 10.7 Å². The van der Waals surface area contributed by atoms with E-state index in [0.717, 1.165) is 18.1 Å². The fourth-order valence-corrected chi connectivity index (χ4v) is 3.36. The fraction of sp³-hybridized carbons (Fsp3) is 0.357. The third kappa shape index (κ3) is 5.17. The number of nitrogens with one attached hydrogen (secondary N) is 2. The van der Waals surface area contributed by atoms with Gasteiger partial charge in [0.2, 0.25) is 11.0 Å². The molecule has 0 saturated heterocycles. The minimum atomic E-state index is -0.466. The number of carbonyl (C=O) groups excluding carboxylic acids is 1. The number of aromatic nitrogens is 2. The normalized spacial score (nSPS) is 10.4. The average Bonchev–Trinajstić information content (AvgIpc) is 3.00. The largest absolute Gasteiger partial charge is 0.360 e. The molecule has 0 fully saturated rings. The van der Waals surface area contributed by atoms with E-state index in [2.05, 4.69) is 27.8 Å². The zero-order chi connectivity index (χ0) is 17.5. The highest BCUT2D eigenvalue weighted by Crippen LogP contribution is 2.26. The lowest BCUT2D eigenvalue weighted by molar-refractivity contribution is -0.385. The Morgan fingerprint density at radius 3 is 2.92 bits per heavy atom. The molecule has 0 bridgehead atoms. The summed E-state index contributed by atoms with van der Waals surface area (Å²) >= 11 is 2.66. The van der Waals surface area contributed by atoms with Crippen LogP contribution in [0.25, 0.3) is 0 Å². The molecule has 8 nitrogen and oxygen atoms in total. The number of thioether (sulfide) groups is 1. The van der Waals surface area contributed by atoms with Gasteiger partial charge < -0.3 is 10.6 Å². The number of nitro groups is 1. The molecule has 0 unspecified atom stereocenters. The smallest absolute Gasteiger partial charge is 0.274 e. The zero-order valence-electron chi connectivity index (χ0n) is 13.2. The van der Waals surface area contributed by atoms with Crippen molar-refractivity contribution < 1.29 is 9.72 Å². The number of rotatable bonds is 8. The van der Waals surface area contributed by atoms with Crippen LogP contribution < -0.4 is 10.6 Å². The number of nitro benzene ring substituents is 1. The van der Waals surface area contributed by atoms with E-state index in [0.29, 0.717) is 15.6 Å². The van der Waals surface area contributed by atoms with E-state index >= 15 is 0 Å². The Labute approximate surface area is 147 Å². The van der Waals surface area contributed by atoms with Gasteiger partial charge in [-0.05, 0) is 19.4 Å². The van der Waals surface area contributed by atoms with Crippen molar-refractivity contribution in [1.82, 2.24) is 10.2 Å². The molecule has 1 aromatic carbocycles. The first kappa shape index (κ1) is 18.1. The molecule has 0 radical (unpaired) electrons.